The first-order chi connectivity index (χ1) is 13.0. The van der Waals surface area contributed by atoms with Crippen molar-refractivity contribution in [1.82, 2.24) is 15.1 Å². The van der Waals surface area contributed by atoms with Crippen molar-refractivity contribution in [2.75, 3.05) is 13.6 Å². The summed E-state index contributed by atoms with van der Waals surface area (Å²) in [6.07, 6.45) is 1.60. The summed E-state index contributed by atoms with van der Waals surface area (Å²) >= 11 is 3.51. The van der Waals surface area contributed by atoms with Gasteiger partial charge in [0.15, 0.2) is 0 Å². The summed E-state index contributed by atoms with van der Waals surface area (Å²) in [5.74, 6) is 0.224. The zero-order valence-electron chi connectivity index (χ0n) is 15.5. The molecule has 27 heavy (non-hydrogen) atoms. The van der Waals surface area contributed by atoms with Crippen LogP contribution in [0.15, 0.2) is 53.0 Å². The van der Waals surface area contributed by atoms with Crippen LogP contribution in [0.1, 0.15) is 29.5 Å². The number of hydrogen-bond acceptors (Lipinski definition) is 2. The normalized spacial score (nSPS) is 13.7. The minimum Gasteiger partial charge on any atom is -0.338 e. The van der Waals surface area contributed by atoms with Gasteiger partial charge in [0.2, 0.25) is 5.91 Å². The highest BCUT2D eigenvalue weighted by Crippen LogP contribution is 2.18. The average molecular weight is 430 g/mol. The second-order valence-corrected chi connectivity index (χ2v) is 7.70. The van der Waals surface area contributed by atoms with E-state index in [-0.39, 0.29) is 11.9 Å². The maximum absolute atomic E-state index is 12.4. The van der Waals surface area contributed by atoms with Gasteiger partial charge in [0.05, 0.1) is 0 Å². The molecule has 2 aromatic rings. The van der Waals surface area contributed by atoms with Crippen molar-refractivity contribution >= 4 is 27.9 Å². The molecule has 0 unspecified atom stereocenters. The Bertz CT molecular complexity index is 825. The van der Waals surface area contributed by atoms with Gasteiger partial charge in [-0.25, -0.2) is 4.79 Å². The van der Waals surface area contributed by atoms with Crippen molar-refractivity contribution in [2.24, 2.45) is 0 Å². The molecule has 6 heteroatoms. The summed E-state index contributed by atoms with van der Waals surface area (Å²) in [7, 11) is 1.78. The van der Waals surface area contributed by atoms with Crippen molar-refractivity contribution in [2.45, 2.75) is 32.5 Å². The quantitative estimate of drug-likeness (QED) is 0.756. The van der Waals surface area contributed by atoms with E-state index in [4.69, 9.17) is 0 Å². The summed E-state index contributed by atoms with van der Waals surface area (Å²) in [5, 5.41) is 2.96. The number of carbonyl (C=O) groups excluding carboxylic acids is 2. The Kier molecular flexibility index (Phi) is 6.50. The van der Waals surface area contributed by atoms with E-state index in [1.807, 2.05) is 47.4 Å². The number of halogens is 1. The SMILES string of the molecule is CN(Cc1ccccc1Br)C(=O)NCc1cccc(CN2CCCC2=O)c1. The van der Waals surface area contributed by atoms with Crippen LogP contribution in [-0.4, -0.2) is 35.3 Å². The maximum Gasteiger partial charge on any atom is 0.317 e. The zero-order valence-corrected chi connectivity index (χ0v) is 17.0. The molecule has 0 aliphatic carbocycles. The van der Waals surface area contributed by atoms with Crippen LogP contribution in [-0.2, 0) is 24.4 Å². The van der Waals surface area contributed by atoms with Gasteiger partial charge in [-0.1, -0.05) is 58.4 Å². The number of amides is 3. The Labute approximate surface area is 168 Å². The van der Waals surface area contributed by atoms with E-state index in [2.05, 4.69) is 27.3 Å². The van der Waals surface area contributed by atoms with Crippen LogP contribution in [0.5, 0.6) is 0 Å². The summed E-state index contributed by atoms with van der Waals surface area (Å²) < 4.78 is 0.994. The molecule has 2 aromatic carbocycles. The largest absolute Gasteiger partial charge is 0.338 e. The van der Waals surface area contributed by atoms with Gasteiger partial charge in [-0.2, -0.15) is 0 Å². The van der Waals surface area contributed by atoms with Gasteiger partial charge in [0.25, 0.3) is 0 Å². The van der Waals surface area contributed by atoms with Crippen molar-refractivity contribution < 1.29 is 9.59 Å². The molecule has 0 bridgehead atoms. The molecular weight excluding hydrogens is 406 g/mol. The van der Waals surface area contributed by atoms with Crippen LogP contribution in [0.25, 0.3) is 0 Å². The molecule has 0 saturated carbocycles. The molecular formula is C21H24BrN3O2. The fourth-order valence-corrected chi connectivity index (χ4v) is 3.61. The molecule has 1 heterocycles. The Morgan fingerprint density at radius 1 is 1.19 bits per heavy atom. The molecule has 5 nitrogen and oxygen atoms in total. The van der Waals surface area contributed by atoms with E-state index < -0.39 is 0 Å². The Balaban J connectivity index is 1.53. The van der Waals surface area contributed by atoms with Crippen LogP contribution >= 0.6 is 15.9 Å². The molecule has 3 amide bonds. The zero-order chi connectivity index (χ0) is 19.2. The van der Waals surface area contributed by atoms with Gasteiger partial charge in [-0.15, -0.1) is 0 Å². The van der Waals surface area contributed by atoms with Crippen molar-refractivity contribution in [1.29, 1.82) is 0 Å². The molecule has 0 aromatic heterocycles. The summed E-state index contributed by atoms with van der Waals surface area (Å²) in [5.41, 5.74) is 3.19. The molecule has 1 aliphatic heterocycles. The molecule has 142 valence electrons. The maximum atomic E-state index is 12.4. The van der Waals surface area contributed by atoms with Gasteiger partial charge in [-0.3, -0.25) is 4.79 Å². The monoisotopic (exact) mass is 429 g/mol. The average Bonchev–Trinajstić information content (AvgIpc) is 3.06. The smallest absolute Gasteiger partial charge is 0.317 e. The van der Waals surface area contributed by atoms with Gasteiger partial charge in [-0.05, 0) is 29.2 Å². The lowest BCUT2D eigenvalue weighted by Gasteiger charge is -2.19. The Morgan fingerprint density at radius 2 is 1.96 bits per heavy atom. The predicted octanol–water partition coefficient (Wildman–Crippen LogP) is 3.91. The van der Waals surface area contributed by atoms with Crippen molar-refractivity contribution in [3.05, 3.63) is 69.7 Å². The predicted molar refractivity (Wildman–Crippen MR) is 109 cm³/mol. The number of carbonyl (C=O) groups is 2. The summed E-state index contributed by atoms with van der Waals surface area (Å²) in [4.78, 5) is 27.7. The lowest BCUT2D eigenvalue weighted by molar-refractivity contribution is -0.128. The third-order valence-corrected chi connectivity index (χ3v) is 5.47. The standard InChI is InChI=1S/C21H24BrN3O2/c1-24(15-18-8-2-3-9-19(18)22)21(27)23-13-16-6-4-7-17(12-16)14-25-11-5-10-20(25)26/h2-4,6-9,12H,5,10-11,13-15H2,1H3,(H,23,27). The second-order valence-electron chi connectivity index (χ2n) is 6.84. The third-order valence-electron chi connectivity index (χ3n) is 4.69. The van der Waals surface area contributed by atoms with Crippen LogP contribution in [0, 0.1) is 0 Å². The molecule has 0 atom stereocenters. The first-order valence-electron chi connectivity index (χ1n) is 9.11. The van der Waals surface area contributed by atoms with E-state index in [1.54, 1.807) is 11.9 Å². The lowest BCUT2D eigenvalue weighted by atomic mass is 10.1. The number of nitrogens with one attached hydrogen (secondary N) is 1. The van der Waals surface area contributed by atoms with Crippen LogP contribution in [0.3, 0.4) is 0 Å². The fourth-order valence-electron chi connectivity index (χ4n) is 3.20. The summed E-state index contributed by atoms with van der Waals surface area (Å²) in [6.45, 7) is 2.47. The number of rotatable bonds is 6. The highest BCUT2D eigenvalue weighted by atomic mass is 79.9. The molecule has 1 aliphatic rings. The second kappa shape index (κ2) is 9.04. The van der Waals surface area contributed by atoms with Gasteiger partial charge in [0, 0.05) is 44.1 Å². The van der Waals surface area contributed by atoms with E-state index in [0.29, 0.717) is 26.1 Å². The molecule has 3 rings (SSSR count). The third kappa shape index (κ3) is 5.32. The molecule has 1 saturated heterocycles. The number of nitrogens with zero attached hydrogens (tertiary/aromatic N) is 2. The van der Waals surface area contributed by atoms with Crippen LogP contribution < -0.4 is 5.32 Å². The van der Waals surface area contributed by atoms with Crippen molar-refractivity contribution in [3.63, 3.8) is 0 Å². The van der Waals surface area contributed by atoms with Gasteiger partial charge >= 0.3 is 6.03 Å². The fraction of sp³-hybridized carbons (Fsp3) is 0.333. The number of urea groups is 1. The highest BCUT2D eigenvalue weighted by Gasteiger charge is 2.20. The van der Waals surface area contributed by atoms with E-state index in [0.717, 1.165) is 34.1 Å². The molecule has 0 radical (unpaired) electrons. The lowest BCUT2D eigenvalue weighted by Crippen LogP contribution is -2.36. The Morgan fingerprint density at radius 3 is 2.70 bits per heavy atom. The Hall–Kier alpha value is -2.34. The van der Waals surface area contributed by atoms with E-state index in [9.17, 15) is 9.59 Å². The first kappa shape index (κ1) is 19.4. The van der Waals surface area contributed by atoms with Gasteiger partial charge in [0.1, 0.15) is 0 Å². The molecule has 1 N–H and O–H groups in total. The highest BCUT2D eigenvalue weighted by molar-refractivity contribution is 9.10. The topological polar surface area (TPSA) is 52.7 Å². The van der Waals surface area contributed by atoms with Crippen LogP contribution in [0.2, 0.25) is 0 Å². The minimum absolute atomic E-state index is 0.120. The van der Waals surface area contributed by atoms with E-state index in [1.165, 1.54) is 0 Å². The van der Waals surface area contributed by atoms with Crippen LogP contribution in [0.4, 0.5) is 4.79 Å². The minimum atomic E-state index is -0.120. The number of hydrogen-bond donors (Lipinski definition) is 1. The number of benzene rings is 2. The molecule has 0 spiro atoms. The summed E-state index contributed by atoms with van der Waals surface area (Å²) in [6, 6.07) is 15.8. The first-order valence-corrected chi connectivity index (χ1v) is 9.90. The molecule has 1 fully saturated rings. The van der Waals surface area contributed by atoms with Crippen molar-refractivity contribution in [3.8, 4) is 0 Å². The van der Waals surface area contributed by atoms with E-state index >= 15 is 0 Å². The number of likely N-dealkylation sites (tertiary alicyclic amines) is 1. The van der Waals surface area contributed by atoms with Gasteiger partial charge < -0.3 is 15.1 Å².